The largest absolute Gasteiger partial charge is 0.496 e. The topological polar surface area (TPSA) is 55.5 Å². The third-order valence-electron chi connectivity index (χ3n) is 3.92. The van der Waals surface area contributed by atoms with E-state index in [0.29, 0.717) is 0 Å². The number of rotatable bonds is 5. The summed E-state index contributed by atoms with van der Waals surface area (Å²) in [5.74, 6) is 0.884. The second-order valence-corrected chi connectivity index (χ2v) is 6.58. The fraction of sp³-hybridized carbons (Fsp3) is 0.167. The number of ether oxygens (including phenoxy) is 1. The van der Waals surface area contributed by atoms with Crippen molar-refractivity contribution in [3.63, 3.8) is 0 Å². The molecule has 0 spiro atoms. The van der Waals surface area contributed by atoms with Crippen LogP contribution in [0.2, 0.25) is 0 Å². The molecule has 0 aliphatic rings. The molecule has 6 nitrogen and oxygen atoms in total. The molecule has 0 atom stereocenters. The normalized spacial score (nSPS) is 11.0. The second kappa shape index (κ2) is 6.52. The van der Waals surface area contributed by atoms with Crippen LogP contribution in [0.25, 0.3) is 16.2 Å². The van der Waals surface area contributed by atoms with Gasteiger partial charge in [-0.25, -0.2) is 9.50 Å². The van der Waals surface area contributed by atoms with Crippen molar-refractivity contribution in [1.29, 1.82) is 0 Å². The van der Waals surface area contributed by atoms with Crippen LogP contribution in [-0.4, -0.2) is 33.7 Å². The first-order valence-corrected chi connectivity index (χ1v) is 8.66. The highest BCUT2D eigenvalue weighted by Crippen LogP contribution is 2.28. The van der Waals surface area contributed by atoms with Gasteiger partial charge in [0.2, 0.25) is 10.1 Å². The van der Waals surface area contributed by atoms with Gasteiger partial charge < -0.3 is 9.64 Å². The van der Waals surface area contributed by atoms with Crippen LogP contribution >= 0.6 is 11.3 Å². The highest BCUT2D eigenvalue weighted by molar-refractivity contribution is 7.20. The van der Waals surface area contributed by atoms with Gasteiger partial charge in [-0.05, 0) is 18.2 Å². The Morgan fingerprint density at radius 2 is 2.08 bits per heavy atom. The highest BCUT2D eigenvalue weighted by Gasteiger charge is 2.14. The molecule has 0 fully saturated rings. The number of fused-ring (bicyclic) bond motifs is 1. The molecule has 0 bridgehead atoms. The van der Waals surface area contributed by atoms with E-state index in [9.17, 15) is 0 Å². The van der Waals surface area contributed by atoms with Crippen LogP contribution in [0.15, 0.2) is 55.0 Å². The van der Waals surface area contributed by atoms with E-state index in [2.05, 4.69) is 26.0 Å². The first-order valence-electron chi connectivity index (χ1n) is 7.84. The van der Waals surface area contributed by atoms with Crippen molar-refractivity contribution in [3.05, 3.63) is 60.6 Å². The fourth-order valence-electron chi connectivity index (χ4n) is 2.65. The number of hydrogen-bond donors (Lipinski definition) is 0. The predicted octanol–water partition coefficient (Wildman–Crippen LogP) is 3.50. The summed E-state index contributed by atoms with van der Waals surface area (Å²) in [4.78, 5) is 11.8. The molecule has 0 saturated carbocycles. The molecule has 0 amide bonds. The Morgan fingerprint density at radius 1 is 1.20 bits per heavy atom. The number of nitrogens with zero attached hydrogens (tertiary/aromatic N) is 5. The molecular formula is C18H17N5OS. The molecule has 3 heterocycles. The third-order valence-corrected chi connectivity index (χ3v) is 4.95. The molecular weight excluding hydrogens is 334 g/mol. The summed E-state index contributed by atoms with van der Waals surface area (Å²) in [6, 6.07) is 11.9. The van der Waals surface area contributed by atoms with Gasteiger partial charge in [0.15, 0.2) is 0 Å². The van der Waals surface area contributed by atoms with Crippen molar-refractivity contribution in [2.24, 2.45) is 0 Å². The van der Waals surface area contributed by atoms with E-state index in [1.165, 1.54) is 0 Å². The lowest BCUT2D eigenvalue weighted by molar-refractivity contribution is 0.409. The molecule has 7 heteroatoms. The Kier molecular flexibility index (Phi) is 4.07. The maximum absolute atomic E-state index is 5.42. The molecule has 0 aliphatic carbocycles. The fourth-order valence-corrected chi connectivity index (χ4v) is 3.50. The molecule has 4 rings (SSSR count). The van der Waals surface area contributed by atoms with Crippen LogP contribution in [0.1, 0.15) is 5.56 Å². The summed E-state index contributed by atoms with van der Waals surface area (Å²) >= 11 is 1.56. The summed E-state index contributed by atoms with van der Waals surface area (Å²) in [5.41, 5.74) is 2.99. The Balaban J connectivity index is 1.58. The van der Waals surface area contributed by atoms with E-state index < -0.39 is 0 Å². The molecule has 0 saturated heterocycles. The average Bonchev–Trinajstić information content (AvgIpc) is 3.22. The van der Waals surface area contributed by atoms with Gasteiger partial charge in [0.1, 0.15) is 5.75 Å². The monoisotopic (exact) mass is 351 g/mol. The summed E-state index contributed by atoms with van der Waals surface area (Å²) in [6.45, 7) is 0.718. The molecule has 0 radical (unpaired) electrons. The van der Waals surface area contributed by atoms with Crippen LogP contribution in [0.4, 0.5) is 5.13 Å². The predicted molar refractivity (Wildman–Crippen MR) is 99.2 cm³/mol. The zero-order chi connectivity index (χ0) is 17.2. The standard InChI is InChI=1S/C18H17N5OS/c1-22(11-14-6-3-4-8-16(14)24-2)18-21-23-12-15(20-17(23)25-18)13-7-5-9-19-10-13/h3-10,12H,11H2,1-2H3. The van der Waals surface area contributed by atoms with Crippen molar-refractivity contribution in [1.82, 2.24) is 19.6 Å². The molecule has 4 aromatic rings. The van der Waals surface area contributed by atoms with Crippen molar-refractivity contribution in [2.75, 3.05) is 19.1 Å². The molecule has 1 aromatic carbocycles. The number of para-hydroxylation sites is 1. The number of aromatic nitrogens is 4. The van der Waals surface area contributed by atoms with Gasteiger partial charge in [-0.2, -0.15) is 0 Å². The molecule has 25 heavy (non-hydrogen) atoms. The molecule has 0 N–H and O–H groups in total. The van der Waals surface area contributed by atoms with Gasteiger partial charge in [-0.1, -0.05) is 29.5 Å². The molecule has 3 aromatic heterocycles. The lowest BCUT2D eigenvalue weighted by Gasteiger charge is -2.17. The van der Waals surface area contributed by atoms with Crippen LogP contribution in [0, 0.1) is 0 Å². The van der Waals surface area contributed by atoms with Gasteiger partial charge in [0.05, 0.1) is 19.0 Å². The first-order chi connectivity index (χ1) is 12.2. The van der Waals surface area contributed by atoms with Crippen LogP contribution in [0.5, 0.6) is 5.75 Å². The van der Waals surface area contributed by atoms with E-state index >= 15 is 0 Å². The zero-order valence-electron chi connectivity index (χ0n) is 14.0. The zero-order valence-corrected chi connectivity index (χ0v) is 14.8. The first kappa shape index (κ1) is 15.6. The van der Waals surface area contributed by atoms with Gasteiger partial charge in [0.25, 0.3) is 0 Å². The summed E-state index contributed by atoms with van der Waals surface area (Å²) in [7, 11) is 3.71. The Hall–Kier alpha value is -2.93. The van der Waals surface area contributed by atoms with E-state index in [0.717, 1.165) is 39.2 Å². The maximum Gasteiger partial charge on any atom is 0.214 e. The van der Waals surface area contributed by atoms with Crippen LogP contribution < -0.4 is 9.64 Å². The third kappa shape index (κ3) is 3.06. The van der Waals surface area contributed by atoms with E-state index in [1.54, 1.807) is 30.8 Å². The molecule has 0 aliphatic heterocycles. The lowest BCUT2D eigenvalue weighted by atomic mass is 10.2. The second-order valence-electron chi connectivity index (χ2n) is 5.65. The molecule has 126 valence electrons. The summed E-state index contributed by atoms with van der Waals surface area (Å²) < 4.78 is 7.24. The van der Waals surface area contributed by atoms with E-state index in [-0.39, 0.29) is 0 Å². The number of methoxy groups -OCH3 is 1. The molecule has 0 unspecified atom stereocenters. The number of benzene rings is 1. The number of pyridine rings is 1. The Bertz CT molecular complexity index is 964. The number of anilines is 1. The van der Waals surface area contributed by atoms with Gasteiger partial charge in [-0.3, -0.25) is 4.98 Å². The Labute approximate surface area is 149 Å². The Morgan fingerprint density at radius 3 is 2.84 bits per heavy atom. The van der Waals surface area contributed by atoms with Crippen molar-refractivity contribution in [2.45, 2.75) is 6.54 Å². The average molecular weight is 351 g/mol. The van der Waals surface area contributed by atoms with Crippen molar-refractivity contribution >= 4 is 21.4 Å². The minimum Gasteiger partial charge on any atom is -0.496 e. The number of hydrogen-bond acceptors (Lipinski definition) is 6. The minimum atomic E-state index is 0.718. The lowest BCUT2D eigenvalue weighted by Crippen LogP contribution is -2.16. The van der Waals surface area contributed by atoms with Crippen LogP contribution in [-0.2, 0) is 6.54 Å². The summed E-state index contributed by atoms with van der Waals surface area (Å²) in [6.07, 6.45) is 5.50. The highest BCUT2D eigenvalue weighted by atomic mass is 32.1. The van der Waals surface area contributed by atoms with Crippen molar-refractivity contribution < 1.29 is 4.74 Å². The number of imidazole rings is 1. The van der Waals surface area contributed by atoms with Crippen molar-refractivity contribution in [3.8, 4) is 17.0 Å². The van der Waals surface area contributed by atoms with Gasteiger partial charge in [-0.15, -0.1) is 5.10 Å². The summed E-state index contributed by atoms with van der Waals surface area (Å²) in [5, 5.41) is 5.56. The van der Waals surface area contributed by atoms with Gasteiger partial charge in [0, 0.05) is 37.1 Å². The SMILES string of the molecule is COc1ccccc1CN(C)c1nn2cc(-c3cccnc3)nc2s1. The quantitative estimate of drug-likeness (QED) is 0.551. The van der Waals surface area contributed by atoms with Gasteiger partial charge >= 0.3 is 0 Å². The van der Waals surface area contributed by atoms with E-state index in [4.69, 9.17) is 4.74 Å². The maximum atomic E-state index is 5.42. The van der Waals surface area contributed by atoms with Crippen LogP contribution in [0.3, 0.4) is 0 Å². The minimum absolute atomic E-state index is 0.718. The van der Waals surface area contributed by atoms with E-state index in [1.807, 2.05) is 48.1 Å². The smallest absolute Gasteiger partial charge is 0.214 e.